The molecular weight excluding hydrogens is 216 g/mol. The van der Waals surface area contributed by atoms with Crippen LogP contribution >= 0.6 is 0 Å². The van der Waals surface area contributed by atoms with Crippen molar-refractivity contribution in [2.45, 2.75) is 19.4 Å². The van der Waals surface area contributed by atoms with Crippen molar-refractivity contribution in [1.82, 2.24) is 5.32 Å². The van der Waals surface area contributed by atoms with Crippen molar-refractivity contribution in [1.29, 1.82) is 0 Å². The van der Waals surface area contributed by atoms with Gasteiger partial charge in [0.1, 0.15) is 11.6 Å². The lowest BCUT2D eigenvalue weighted by molar-refractivity contribution is 0.0913. The first-order valence-corrected chi connectivity index (χ1v) is 4.95. The van der Waals surface area contributed by atoms with Crippen LogP contribution in [0.1, 0.15) is 23.7 Å². The standard InChI is InChI=1S/C11H13F2NO2/c1-2-10(15)6-14-11(16)7-3-8(12)5-9(13)4-7/h3-5,10,15H,2,6H2,1H3,(H,14,16). The Bertz CT molecular complexity index is 362. The molecule has 1 aromatic rings. The van der Waals surface area contributed by atoms with Crippen molar-refractivity contribution in [3.05, 3.63) is 35.4 Å². The minimum Gasteiger partial charge on any atom is -0.391 e. The van der Waals surface area contributed by atoms with E-state index in [0.717, 1.165) is 12.1 Å². The topological polar surface area (TPSA) is 49.3 Å². The number of halogens is 2. The van der Waals surface area contributed by atoms with E-state index >= 15 is 0 Å². The van der Waals surface area contributed by atoms with Gasteiger partial charge >= 0.3 is 0 Å². The summed E-state index contributed by atoms with van der Waals surface area (Å²) in [6, 6.07) is 2.57. The third-order valence-corrected chi connectivity index (χ3v) is 2.09. The molecule has 0 spiro atoms. The second-order valence-corrected chi connectivity index (χ2v) is 3.43. The first-order valence-electron chi connectivity index (χ1n) is 4.95. The Morgan fingerprint density at radius 3 is 2.44 bits per heavy atom. The van der Waals surface area contributed by atoms with Crippen molar-refractivity contribution in [2.75, 3.05) is 6.54 Å². The minimum absolute atomic E-state index is 0.0630. The number of rotatable bonds is 4. The normalized spacial score (nSPS) is 12.2. The molecule has 0 saturated carbocycles. The van der Waals surface area contributed by atoms with Crippen molar-refractivity contribution in [3.8, 4) is 0 Å². The molecule has 1 unspecified atom stereocenters. The lowest BCUT2D eigenvalue weighted by Gasteiger charge is -2.09. The van der Waals surface area contributed by atoms with Crippen LogP contribution < -0.4 is 5.32 Å². The van der Waals surface area contributed by atoms with E-state index in [4.69, 9.17) is 0 Å². The van der Waals surface area contributed by atoms with Gasteiger partial charge < -0.3 is 10.4 Å². The zero-order valence-corrected chi connectivity index (χ0v) is 8.84. The summed E-state index contributed by atoms with van der Waals surface area (Å²) in [5.74, 6) is -2.21. The Morgan fingerprint density at radius 2 is 1.94 bits per heavy atom. The highest BCUT2D eigenvalue weighted by molar-refractivity contribution is 5.94. The van der Waals surface area contributed by atoms with E-state index in [0.29, 0.717) is 12.5 Å². The molecule has 1 rings (SSSR count). The maximum Gasteiger partial charge on any atom is 0.251 e. The summed E-state index contributed by atoms with van der Waals surface area (Å²) < 4.78 is 25.6. The van der Waals surface area contributed by atoms with Crippen LogP contribution in [0.25, 0.3) is 0 Å². The summed E-state index contributed by atoms with van der Waals surface area (Å²) >= 11 is 0. The molecule has 0 aliphatic rings. The number of nitrogens with one attached hydrogen (secondary N) is 1. The van der Waals surface area contributed by atoms with Gasteiger partial charge in [-0.1, -0.05) is 6.92 Å². The van der Waals surface area contributed by atoms with Crippen LogP contribution in [0.4, 0.5) is 8.78 Å². The fourth-order valence-corrected chi connectivity index (χ4v) is 1.14. The summed E-state index contributed by atoms with van der Waals surface area (Å²) in [5.41, 5.74) is -0.0965. The lowest BCUT2D eigenvalue weighted by atomic mass is 10.2. The second kappa shape index (κ2) is 5.55. The molecule has 0 heterocycles. The Labute approximate surface area is 92.1 Å². The van der Waals surface area contributed by atoms with Gasteiger partial charge in [-0.05, 0) is 18.6 Å². The van der Waals surface area contributed by atoms with Crippen molar-refractivity contribution >= 4 is 5.91 Å². The number of aliphatic hydroxyl groups is 1. The Hall–Kier alpha value is -1.49. The smallest absolute Gasteiger partial charge is 0.251 e. The summed E-state index contributed by atoms with van der Waals surface area (Å²) in [6.45, 7) is 1.83. The molecule has 2 N–H and O–H groups in total. The number of carbonyl (C=O) groups is 1. The largest absolute Gasteiger partial charge is 0.391 e. The molecule has 0 saturated heterocycles. The molecule has 1 aromatic carbocycles. The third kappa shape index (κ3) is 3.58. The first kappa shape index (κ1) is 12.6. The average Bonchev–Trinajstić information content (AvgIpc) is 2.23. The van der Waals surface area contributed by atoms with Crippen molar-refractivity contribution < 1.29 is 18.7 Å². The van der Waals surface area contributed by atoms with Gasteiger partial charge in [0.05, 0.1) is 6.10 Å². The van der Waals surface area contributed by atoms with E-state index in [9.17, 15) is 18.7 Å². The molecule has 3 nitrogen and oxygen atoms in total. The van der Waals surface area contributed by atoms with E-state index in [-0.39, 0.29) is 12.1 Å². The quantitative estimate of drug-likeness (QED) is 0.821. The van der Waals surface area contributed by atoms with Crippen molar-refractivity contribution in [3.63, 3.8) is 0 Å². The SMILES string of the molecule is CCC(O)CNC(=O)c1cc(F)cc(F)c1. The molecule has 16 heavy (non-hydrogen) atoms. The molecule has 1 amide bonds. The van der Waals surface area contributed by atoms with Gasteiger partial charge in [0.25, 0.3) is 5.91 Å². The number of benzene rings is 1. The Kier molecular flexibility index (Phi) is 4.37. The third-order valence-electron chi connectivity index (χ3n) is 2.09. The highest BCUT2D eigenvalue weighted by Gasteiger charge is 2.10. The maximum atomic E-state index is 12.8. The molecule has 0 bridgehead atoms. The summed E-state index contributed by atoms with van der Waals surface area (Å²) in [5, 5.41) is 11.6. The highest BCUT2D eigenvalue weighted by Crippen LogP contribution is 2.07. The number of amides is 1. The van der Waals surface area contributed by atoms with Gasteiger partial charge in [-0.2, -0.15) is 0 Å². The van der Waals surface area contributed by atoms with Gasteiger partial charge in [-0.25, -0.2) is 8.78 Å². The molecular formula is C11H13F2NO2. The molecule has 1 atom stereocenters. The van der Waals surface area contributed by atoms with Gasteiger partial charge in [-0.3, -0.25) is 4.79 Å². The van der Waals surface area contributed by atoms with E-state index in [1.54, 1.807) is 6.92 Å². The molecule has 0 aliphatic carbocycles. The number of carbonyl (C=O) groups excluding carboxylic acids is 1. The highest BCUT2D eigenvalue weighted by atomic mass is 19.1. The van der Waals surface area contributed by atoms with Crippen molar-refractivity contribution in [2.24, 2.45) is 0 Å². The zero-order chi connectivity index (χ0) is 12.1. The van der Waals surface area contributed by atoms with E-state index in [1.807, 2.05) is 0 Å². The molecule has 0 aromatic heterocycles. The van der Waals surface area contributed by atoms with Crippen LogP contribution in [0.5, 0.6) is 0 Å². The average molecular weight is 229 g/mol. The van der Waals surface area contributed by atoms with Gasteiger partial charge in [-0.15, -0.1) is 0 Å². The number of hydrogen-bond donors (Lipinski definition) is 2. The summed E-state index contributed by atoms with van der Waals surface area (Å²) in [7, 11) is 0. The maximum absolute atomic E-state index is 12.8. The predicted molar refractivity (Wildman–Crippen MR) is 55.0 cm³/mol. The van der Waals surface area contributed by atoms with E-state index in [2.05, 4.69) is 5.32 Å². The fraction of sp³-hybridized carbons (Fsp3) is 0.364. The van der Waals surface area contributed by atoms with Gasteiger partial charge in [0.15, 0.2) is 0 Å². The van der Waals surface area contributed by atoms with Crippen LogP contribution in [0.15, 0.2) is 18.2 Å². The Balaban J connectivity index is 2.66. The van der Waals surface area contributed by atoms with Crippen LogP contribution in [-0.2, 0) is 0 Å². The predicted octanol–water partition coefficient (Wildman–Crippen LogP) is 1.47. The molecule has 0 radical (unpaired) electrons. The molecule has 88 valence electrons. The number of aliphatic hydroxyl groups excluding tert-OH is 1. The monoisotopic (exact) mass is 229 g/mol. The first-order chi connectivity index (χ1) is 7.52. The molecule has 5 heteroatoms. The van der Waals surface area contributed by atoms with Crippen LogP contribution in [0.2, 0.25) is 0 Å². The zero-order valence-electron chi connectivity index (χ0n) is 8.84. The van der Waals surface area contributed by atoms with Crippen LogP contribution in [0.3, 0.4) is 0 Å². The molecule has 0 aliphatic heterocycles. The minimum atomic E-state index is -0.804. The van der Waals surface area contributed by atoms with E-state index < -0.39 is 23.6 Å². The van der Waals surface area contributed by atoms with Gasteiger partial charge in [0.2, 0.25) is 0 Å². The molecule has 0 fully saturated rings. The summed E-state index contributed by atoms with van der Waals surface area (Å²) in [6.07, 6.45) is -0.153. The van der Waals surface area contributed by atoms with Crippen LogP contribution in [-0.4, -0.2) is 23.7 Å². The van der Waals surface area contributed by atoms with Crippen LogP contribution in [0, 0.1) is 11.6 Å². The second-order valence-electron chi connectivity index (χ2n) is 3.43. The Morgan fingerprint density at radius 1 is 1.38 bits per heavy atom. The van der Waals surface area contributed by atoms with E-state index in [1.165, 1.54) is 0 Å². The lowest BCUT2D eigenvalue weighted by Crippen LogP contribution is -2.31. The fourth-order valence-electron chi connectivity index (χ4n) is 1.14. The van der Waals surface area contributed by atoms with Gasteiger partial charge in [0, 0.05) is 18.2 Å². The summed E-state index contributed by atoms with van der Waals surface area (Å²) in [4.78, 5) is 11.4. The number of hydrogen-bond acceptors (Lipinski definition) is 2.